The summed E-state index contributed by atoms with van der Waals surface area (Å²) in [4.78, 5) is 15.0. The number of fused-ring (bicyclic) bond motifs is 1. The van der Waals surface area contributed by atoms with Gasteiger partial charge in [0, 0.05) is 31.3 Å². The lowest BCUT2D eigenvalue weighted by molar-refractivity contribution is -0.0274. The number of aromatic nitrogens is 1. The lowest BCUT2D eigenvalue weighted by Gasteiger charge is -2.48. The Morgan fingerprint density at radius 3 is 2.54 bits per heavy atom. The largest absolute Gasteiger partial charge is 0.420 e. The molecule has 5 nitrogen and oxygen atoms in total. The summed E-state index contributed by atoms with van der Waals surface area (Å²) in [7, 11) is 0. The van der Waals surface area contributed by atoms with Crippen LogP contribution in [0.2, 0.25) is 0 Å². The first-order valence-electron chi connectivity index (χ1n) is 10.1. The summed E-state index contributed by atoms with van der Waals surface area (Å²) >= 11 is 0. The Kier molecular flexibility index (Phi) is 4.93. The molecule has 2 heterocycles. The van der Waals surface area contributed by atoms with E-state index < -0.39 is 0 Å². The first-order chi connectivity index (χ1) is 12.6. The molecule has 0 radical (unpaired) electrons. The Morgan fingerprint density at radius 1 is 1.15 bits per heavy atom. The second kappa shape index (κ2) is 7.20. The van der Waals surface area contributed by atoms with E-state index in [1.54, 1.807) is 0 Å². The normalized spacial score (nSPS) is 28.6. The molecule has 2 aromatic rings. The summed E-state index contributed by atoms with van der Waals surface area (Å²) in [6, 6.07) is 7.99. The van der Waals surface area contributed by atoms with Crippen molar-refractivity contribution in [3.8, 4) is 0 Å². The molecule has 0 atom stereocenters. The van der Waals surface area contributed by atoms with Crippen LogP contribution in [0, 0.1) is 0 Å². The number of para-hydroxylation sites is 2. The standard InChI is InChI=1S/C21H30N2O3/c1-3-25-17-8-12-21(2,13-9-17)22-14-10-16(11-15-22)23-18-6-4-5-7-19(18)26-20(23)24/h4-7,16-17H,3,8-15H2,1-2H3. The highest BCUT2D eigenvalue weighted by Crippen LogP contribution is 2.38. The third-order valence-electron chi connectivity index (χ3n) is 6.52. The van der Waals surface area contributed by atoms with E-state index in [4.69, 9.17) is 9.15 Å². The molecule has 1 saturated carbocycles. The summed E-state index contributed by atoms with van der Waals surface area (Å²) in [5.74, 6) is -0.215. The van der Waals surface area contributed by atoms with Gasteiger partial charge in [-0.25, -0.2) is 4.79 Å². The maximum Gasteiger partial charge on any atom is 0.420 e. The highest BCUT2D eigenvalue weighted by atomic mass is 16.5. The predicted molar refractivity (Wildman–Crippen MR) is 103 cm³/mol. The molecular weight excluding hydrogens is 328 g/mol. The van der Waals surface area contributed by atoms with Crippen LogP contribution in [0.15, 0.2) is 33.5 Å². The van der Waals surface area contributed by atoms with E-state index in [1.807, 2.05) is 28.8 Å². The molecule has 142 valence electrons. The van der Waals surface area contributed by atoms with Crippen molar-refractivity contribution in [1.82, 2.24) is 9.47 Å². The van der Waals surface area contributed by atoms with E-state index in [2.05, 4.69) is 18.7 Å². The SMILES string of the molecule is CCOC1CCC(C)(N2CCC(n3c(=O)oc4ccccc43)CC2)CC1. The van der Waals surface area contributed by atoms with Crippen molar-refractivity contribution in [2.45, 2.75) is 70.1 Å². The minimum atomic E-state index is -0.215. The van der Waals surface area contributed by atoms with E-state index in [1.165, 1.54) is 12.8 Å². The average Bonchev–Trinajstić information content (AvgIpc) is 3.00. The molecule has 0 bridgehead atoms. The number of hydrogen-bond donors (Lipinski definition) is 0. The molecule has 1 saturated heterocycles. The molecule has 1 aliphatic heterocycles. The van der Waals surface area contributed by atoms with Crippen LogP contribution in [-0.4, -0.2) is 40.8 Å². The zero-order valence-corrected chi connectivity index (χ0v) is 15.9. The van der Waals surface area contributed by atoms with Gasteiger partial charge in [0.1, 0.15) is 0 Å². The van der Waals surface area contributed by atoms with Gasteiger partial charge in [0.25, 0.3) is 0 Å². The van der Waals surface area contributed by atoms with Gasteiger partial charge in [-0.1, -0.05) is 12.1 Å². The van der Waals surface area contributed by atoms with E-state index in [9.17, 15) is 4.79 Å². The summed E-state index contributed by atoms with van der Waals surface area (Å²) < 4.78 is 13.1. The van der Waals surface area contributed by atoms with Gasteiger partial charge >= 0.3 is 5.76 Å². The molecule has 0 amide bonds. The molecule has 1 aliphatic carbocycles. The number of likely N-dealkylation sites (tertiary alicyclic amines) is 1. The second-order valence-corrected chi connectivity index (χ2v) is 8.08. The summed E-state index contributed by atoms with van der Waals surface area (Å²) in [6.45, 7) is 7.41. The minimum Gasteiger partial charge on any atom is -0.408 e. The van der Waals surface area contributed by atoms with Gasteiger partial charge in [-0.15, -0.1) is 0 Å². The zero-order valence-electron chi connectivity index (χ0n) is 15.9. The molecular formula is C21H30N2O3. The van der Waals surface area contributed by atoms with Gasteiger partial charge in [0.05, 0.1) is 11.6 Å². The van der Waals surface area contributed by atoms with Crippen LogP contribution in [0.25, 0.3) is 11.1 Å². The van der Waals surface area contributed by atoms with E-state index in [-0.39, 0.29) is 17.3 Å². The molecule has 0 spiro atoms. The third kappa shape index (κ3) is 3.23. The molecule has 1 aromatic carbocycles. The maximum absolute atomic E-state index is 12.4. The Balaban J connectivity index is 1.43. The van der Waals surface area contributed by atoms with E-state index in [0.29, 0.717) is 11.7 Å². The van der Waals surface area contributed by atoms with Crippen molar-refractivity contribution in [1.29, 1.82) is 0 Å². The van der Waals surface area contributed by atoms with Crippen LogP contribution in [0.5, 0.6) is 0 Å². The molecule has 4 rings (SSSR count). The number of rotatable bonds is 4. The van der Waals surface area contributed by atoms with Gasteiger partial charge < -0.3 is 9.15 Å². The average molecular weight is 358 g/mol. The second-order valence-electron chi connectivity index (χ2n) is 8.08. The number of ether oxygens (including phenoxy) is 1. The smallest absolute Gasteiger partial charge is 0.408 e. The predicted octanol–water partition coefficient (Wildman–Crippen LogP) is 3.97. The fourth-order valence-corrected chi connectivity index (χ4v) is 4.93. The zero-order chi connectivity index (χ0) is 18.1. The van der Waals surface area contributed by atoms with E-state index in [0.717, 1.165) is 50.9 Å². The minimum absolute atomic E-state index is 0.215. The molecule has 26 heavy (non-hydrogen) atoms. The van der Waals surface area contributed by atoms with Crippen molar-refractivity contribution in [3.63, 3.8) is 0 Å². The van der Waals surface area contributed by atoms with Gasteiger partial charge in [-0.3, -0.25) is 9.47 Å². The van der Waals surface area contributed by atoms with Crippen LogP contribution in [-0.2, 0) is 4.74 Å². The highest BCUT2D eigenvalue weighted by Gasteiger charge is 2.38. The Hall–Kier alpha value is -1.59. The number of hydrogen-bond acceptors (Lipinski definition) is 4. The Morgan fingerprint density at radius 2 is 1.85 bits per heavy atom. The molecule has 5 heteroatoms. The summed E-state index contributed by atoms with van der Waals surface area (Å²) in [5, 5.41) is 0. The van der Waals surface area contributed by atoms with E-state index >= 15 is 0 Å². The fourth-order valence-electron chi connectivity index (χ4n) is 4.93. The van der Waals surface area contributed by atoms with Crippen molar-refractivity contribution in [3.05, 3.63) is 34.8 Å². The van der Waals surface area contributed by atoms with Crippen molar-refractivity contribution < 1.29 is 9.15 Å². The summed E-state index contributed by atoms with van der Waals surface area (Å²) in [6.07, 6.45) is 7.20. The molecule has 0 N–H and O–H groups in total. The van der Waals surface area contributed by atoms with Crippen molar-refractivity contribution in [2.24, 2.45) is 0 Å². The molecule has 2 fully saturated rings. The van der Waals surface area contributed by atoms with Gasteiger partial charge in [-0.2, -0.15) is 0 Å². The van der Waals surface area contributed by atoms with Crippen LogP contribution in [0.3, 0.4) is 0 Å². The van der Waals surface area contributed by atoms with Crippen LogP contribution in [0.4, 0.5) is 0 Å². The van der Waals surface area contributed by atoms with Crippen LogP contribution >= 0.6 is 0 Å². The lowest BCUT2D eigenvalue weighted by atomic mass is 9.79. The van der Waals surface area contributed by atoms with Gasteiger partial charge in [0.15, 0.2) is 5.58 Å². The molecule has 2 aliphatic rings. The third-order valence-corrected chi connectivity index (χ3v) is 6.52. The Bertz CT molecular complexity index is 793. The fraction of sp³-hybridized carbons (Fsp3) is 0.667. The maximum atomic E-state index is 12.4. The summed E-state index contributed by atoms with van der Waals surface area (Å²) in [5.41, 5.74) is 1.91. The van der Waals surface area contributed by atoms with Crippen LogP contribution in [0.1, 0.15) is 58.4 Å². The quantitative estimate of drug-likeness (QED) is 0.830. The number of benzene rings is 1. The van der Waals surface area contributed by atoms with Gasteiger partial charge in [-0.05, 0) is 64.5 Å². The lowest BCUT2D eigenvalue weighted by Crippen LogP contribution is -2.52. The number of oxazole rings is 1. The van der Waals surface area contributed by atoms with Crippen molar-refractivity contribution in [2.75, 3.05) is 19.7 Å². The topological polar surface area (TPSA) is 47.6 Å². The van der Waals surface area contributed by atoms with Crippen LogP contribution < -0.4 is 5.76 Å². The Labute approximate surface area is 154 Å². The van der Waals surface area contributed by atoms with Gasteiger partial charge in [0.2, 0.25) is 0 Å². The highest BCUT2D eigenvalue weighted by molar-refractivity contribution is 5.72. The number of piperidine rings is 1. The monoisotopic (exact) mass is 358 g/mol. The first-order valence-corrected chi connectivity index (χ1v) is 10.1. The molecule has 1 aromatic heterocycles. The molecule has 0 unspecified atom stereocenters. The van der Waals surface area contributed by atoms with Crippen molar-refractivity contribution >= 4 is 11.1 Å². The number of nitrogens with zero attached hydrogens (tertiary/aromatic N) is 2. The first kappa shape index (κ1) is 17.8.